The Balaban J connectivity index is 2.14. The molecular formula is C11H20F3NO3. The quantitative estimate of drug-likeness (QED) is 0.783. The Bertz CT molecular complexity index is 232. The summed E-state index contributed by atoms with van der Waals surface area (Å²) in [6.07, 6.45) is -3.56. The van der Waals surface area contributed by atoms with Crippen LogP contribution >= 0.6 is 0 Å². The molecule has 1 aliphatic rings. The molecule has 1 heterocycles. The number of aliphatic hydroxyl groups is 1. The van der Waals surface area contributed by atoms with Crippen molar-refractivity contribution in [2.75, 3.05) is 40.0 Å². The summed E-state index contributed by atoms with van der Waals surface area (Å²) in [5.74, 6) is 0. The molecule has 1 rings (SSSR count). The van der Waals surface area contributed by atoms with E-state index in [4.69, 9.17) is 9.47 Å². The van der Waals surface area contributed by atoms with Gasteiger partial charge in [0.15, 0.2) is 0 Å². The van der Waals surface area contributed by atoms with E-state index in [1.54, 1.807) is 0 Å². The van der Waals surface area contributed by atoms with Crippen LogP contribution in [0.3, 0.4) is 0 Å². The van der Waals surface area contributed by atoms with Gasteiger partial charge in [0, 0.05) is 19.8 Å². The van der Waals surface area contributed by atoms with Crippen molar-refractivity contribution >= 4 is 0 Å². The molecule has 4 nitrogen and oxygen atoms in total. The number of rotatable bonds is 6. The summed E-state index contributed by atoms with van der Waals surface area (Å²) in [6.45, 7) is 0.250. The van der Waals surface area contributed by atoms with E-state index >= 15 is 0 Å². The molecule has 1 saturated heterocycles. The fourth-order valence-electron chi connectivity index (χ4n) is 1.87. The smallest absolute Gasteiger partial charge is 0.389 e. The van der Waals surface area contributed by atoms with Crippen molar-refractivity contribution in [3.8, 4) is 0 Å². The number of alkyl halides is 3. The van der Waals surface area contributed by atoms with Crippen molar-refractivity contribution in [3.63, 3.8) is 0 Å². The Kier molecular flexibility index (Phi) is 6.34. The molecular weight excluding hydrogens is 251 g/mol. The molecule has 0 aromatic carbocycles. The van der Waals surface area contributed by atoms with Crippen molar-refractivity contribution in [1.29, 1.82) is 0 Å². The highest BCUT2D eigenvalue weighted by molar-refractivity contribution is 4.67. The lowest BCUT2D eigenvalue weighted by atomic mass is 10.1. The summed E-state index contributed by atoms with van der Waals surface area (Å²) < 4.78 is 46.8. The van der Waals surface area contributed by atoms with Crippen LogP contribution in [0.5, 0.6) is 0 Å². The maximum atomic E-state index is 12.1. The van der Waals surface area contributed by atoms with Crippen molar-refractivity contribution in [3.05, 3.63) is 0 Å². The lowest BCUT2D eigenvalue weighted by Crippen LogP contribution is -2.39. The monoisotopic (exact) mass is 271 g/mol. The Morgan fingerprint density at radius 3 is 2.56 bits per heavy atom. The Morgan fingerprint density at radius 2 is 2.00 bits per heavy atom. The number of likely N-dealkylation sites (N-methyl/N-ethyl adjacent to an activating group) is 1. The topological polar surface area (TPSA) is 41.9 Å². The third kappa shape index (κ3) is 7.15. The van der Waals surface area contributed by atoms with Crippen LogP contribution in [0.25, 0.3) is 0 Å². The molecule has 0 aromatic heterocycles. The minimum atomic E-state index is -4.24. The van der Waals surface area contributed by atoms with E-state index in [1.807, 2.05) is 0 Å². The summed E-state index contributed by atoms with van der Waals surface area (Å²) in [5, 5.41) is 9.58. The molecule has 108 valence electrons. The van der Waals surface area contributed by atoms with Crippen LogP contribution in [0, 0.1) is 0 Å². The van der Waals surface area contributed by atoms with E-state index < -0.39 is 18.8 Å². The molecule has 0 radical (unpaired) electrons. The first-order chi connectivity index (χ1) is 8.37. The molecule has 0 spiro atoms. The van der Waals surface area contributed by atoms with Crippen LogP contribution in [0.2, 0.25) is 0 Å². The Hall–Kier alpha value is -0.370. The predicted molar refractivity (Wildman–Crippen MR) is 59.4 cm³/mol. The third-order valence-corrected chi connectivity index (χ3v) is 2.66. The highest BCUT2D eigenvalue weighted by atomic mass is 19.4. The molecule has 1 N–H and O–H groups in total. The first kappa shape index (κ1) is 15.7. The van der Waals surface area contributed by atoms with Crippen LogP contribution in [-0.2, 0) is 9.47 Å². The molecule has 18 heavy (non-hydrogen) atoms. The number of halogens is 3. The summed E-state index contributed by atoms with van der Waals surface area (Å²) >= 11 is 0. The van der Waals surface area contributed by atoms with Crippen molar-refractivity contribution in [2.45, 2.75) is 31.2 Å². The van der Waals surface area contributed by atoms with Crippen LogP contribution in [0.1, 0.15) is 12.8 Å². The van der Waals surface area contributed by atoms with Crippen LogP contribution < -0.4 is 0 Å². The summed E-state index contributed by atoms with van der Waals surface area (Å²) in [6, 6.07) is 0. The largest absolute Gasteiger partial charge is 0.401 e. The molecule has 7 heteroatoms. The fraction of sp³-hybridized carbons (Fsp3) is 1.00. The zero-order valence-corrected chi connectivity index (χ0v) is 10.4. The first-order valence-electron chi connectivity index (χ1n) is 5.99. The van der Waals surface area contributed by atoms with E-state index in [1.165, 1.54) is 7.05 Å². The predicted octanol–water partition coefficient (Wildman–Crippen LogP) is 1.04. The standard InChI is InChI=1S/C11H20F3NO3/c1-15(8-11(12,13)14)6-9(16)7-18-10-2-4-17-5-3-10/h9-10,16H,2-8H2,1H3. The molecule has 0 saturated carbocycles. The van der Waals surface area contributed by atoms with E-state index in [-0.39, 0.29) is 19.3 Å². The zero-order chi connectivity index (χ0) is 13.6. The minimum absolute atomic E-state index is 0.0429. The van der Waals surface area contributed by atoms with Crippen molar-refractivity contribution < 1.29 is 27.8 Å². The van der Waals surface area contributed by atoms with Crippen LogP contribution in [-0.4, -0.2) is 68.3 Å². The summed E-state index contributed by atoms with van der Waals surface area (Å²) in [7, 11) is 1.32. The number of ether oxygens (including phenoxy) is 2. The van der Waals surface area contributed by atoms with Gasteiger partial charge < -0.3 is 14.6 Å². The van der Waals surface area contributed by atoms with Gasteiger partial charge >= 0.3 is 6.18 Å². The minimum Gasteiger partial charge on any atom is -0.389 e. The lowest BCUT2D eigenvalue weighted by molar-refractivity contribution is -0.147. The van der Waals surface area contributed by atoms with Gasteiger partial charge in [-0.25, -0.2) is 0 Å². The van der Waals surface area contributed by atoms with E-state index in [9.17, 15) is 18.3 Å². The summed E-state index contributed by atoms with van der Waals surface area (Å²) in [4.78, 5) is 1.04. The molecule has 1 aliphatic heterocycles. The molecule has 0 aromatic rings. The van der Waals surface area contributed by atoms with Gasteiger partial charge in [-0.1, -0.05) is 0 Å². The Morgan fingerprint density at radius 1 is 1.39 bits per heavy atom. The van der Waals surface area contributed by atoms with Gasteiger partial charge in [0.05, 0.1) is 25.4 Å². The highest BCUT2D eigenvalue weighted by Crippen LogP contribution is 2.16. The van der Waals surface area contributed by atoms with Gasteiger partial charge in [0.2, 0.25) is 0 Å². The molecule has 0 bridgehead atoms. The van der Waals surface area contributed by atoms with Gasteiger partial charge in [-0.2, -0.15) is 13.2 Å². The highest BCUT2D eigenvalue weighted by Gasteiger charge is 2.29. The number of aliphatic hydroxyl groups excluding tert-OH is 1. The molecule has 0 amide bonds. The molecule has 1 atom stereocenters. The zero-order valence-electron chi connectivity index (χ0n) is 10.4. The van der Waals surface area contributed by atoms with E-state index in [2.05, 4.69) is 0 Å². The second kappa shape index (κ2) is 7.28. The van der Waals surface area contributed by atoms with Gasteiger partial charge in [-0.15, -0.1) is 0 Å². The summed E-state index contributed by atoms with van der Waals surface area (Å²) in [5.41, 5.74) is 0. The van der Waals surface area contributed by atoms with E-state index in [0.29, 0.717) is 13.2 Å². The normalized spacial score (nSPS) is 20.3. The third-order valence-electron chi connectivity index (χ3n) is 2.66. The van der Waals surface area contributed by atoms with Gasteiger partial charge in [0.1, 0.15) is 0 Å². The molecule has 1 fully saturated rings. The number of hydrogen-bond donors (Lipinski definition) is 1. The van der Waals surface area contributed by atoms with Crippen LogP contribution in [0.15, 0.2) is 0 Å². The molecule has 0 aliphatic carbocycles. The maximum absolute atomic E-state index is 12.1. The SMILES string of the molecule is CN(CC(O)COC1CCOCC1)CC(F)(F)F. The maximum Gasteiger partial charge on any atom is 0.401 e. The fourth-order valence-corrected chi connectivity index (χ4v) is 1.87. The van der Waals surface area contributed by atoms with E-state index in [0.717, 1.165) is 17.7 Å². The lowest BCUT2D eigenvalue weighted by Gasteiger charge is -2.25. The average molecular weight is 271 g/mol. The van der Waals surface area contributed by atoms with Crippen molar-refractivity contribution in [2.24, 2.45) is 0 Å². The number of hydrogen-bond acceptors (Lipinski definition) is 4. The second-order valence-electron chi connectivity index (χ2n) is 4.61. The number of nitrogens with zero attached hydrogens (tertiary/aromatic N) is 1. The second-order valence-corrected chi connectivity index (χ2v) is 4.61. The first-order valence-corrected chi connectivity index (χ1v) is 5.99. The van der Waals surface area contributed by atoms with Gasteiger partial charge in [-0.05, 0) is 19.9 Å². The van der Waals surface area contributed by atoms with Gasteiger partial charge in [-0.3, -0.25) is 4.90 Å². The molecule has 1 unspecified atom stereocenters. The van der Waals surface area contributed by atoms with Crippen LogP contribution in [0.4, 0.5) is 13.2 Å². The Labute approximate surface area is 105 Å². The van der Waals surface area contributed by atoms with Crippen molar-refractivity contribution in [1.82, 2.24) is 4.90 Å². The van der Waals surface area contributed by atoms with Gasteiger partial charge in [0.25, 0.3) is 0 Å². The average Bonchev–Trinajstić information content (AvgIpc) is 2.25.